The average Bonchev–Trinajstić information content (AvgIpc) is 2.51. The molecular formula is C17H24N2O2. The SMILES string of the molecule is CCCNc1c(CC)c(C)nc2c(OC)ccc(OC)c12. The predicted molar refractivity (Wildman–Crippen MR) is 87.7 cm³/mol. The fraction of sp³-hybridized carbons (Fsp3) is 0.471. The van der Waals surface area contributed by atoms with Crippen LogP contribution in [0.1, 0.15) is 31.5 Å². The van der Waals surface area contributed by atoms with E-state index in [9.17, 15) is 0 Å². The van der Waals surface area contributed by atoms with Gasteiger partial charge in [0, 0.05) is 12.2 Å². The third-order valence-electron chi connectivity index (χ3n) is 3.72. The molecule has 1 heterocycles. The monoisotopic (exact) mass is 288 g/mol. The highest BCUT2D eigenvalue weighted by Crippen LogP contribution is 2.39. The van der Waals surface area contributed by atoms with E-state index < -0.39 is 0 Å². The molecule has 0 spiro atoms. The van der Waals surface area contributed by atoms with E-state index in [-0.39, 0.29) is 0 Å². The molecule has 0 amide bonds. The molecule has 0 radical (unpaired) electrons. The summed E-state index contributed by atoms with van der Waals surface area (Å²) in [6.07, 6.45) is 2.00. The van der Waals surface area contributed by atoms with E-state index in [1.165, 1.54) is 5.56 Å². The van der Waals surface area contributed by atoms with Gasteiger partial charge in [-0.25, -0.2) is 4.98 Å². The number of hydrogen-bond acceptors (Lipinski definition) is 4. The van der Waals surface area contributed by atoms with Crippen molar-refractivity contribution in [2.45, 2.75) is 33.6 Å². The lowest BCUT2D eigenvalue weighted by atomic mass is 10.0. The number of nitrogens with one attached hydrogen (secondary N) is 1. The molecule has 1 N–H and O–H groups in total. The summed E-state index contributed by atoms with van der Waals surface area (Å²) >= 11 is 0. The Bertz CT molecular complexity index is 638. The van der Waals surface area contributed by atoms with E-state index >= 15 is 0 Å². The fourth-order valence-electron chi connectivity index (χ4n) is 2.69. The van der Waals surface area contributed by atoms with Gasteiger partial charge in [-0.3, -0.25) is 0 Å². The number of aromatic nitrogens is 1. The van der Waals surface area contributed by atoms with E-state index in [1.807, 2.05) is 19.1 Å². The van der Waals surface area contributed by atoms with Gasteiger partial charge in [-0.15, -0.1) is 0 Å². The van der Waals surface area contributed by atoms with Gasteiger partial charge in [0.15, 0.2) is 0 Å². The van der Waals surface area contributed by atoms with Crippen molar-refractivity contribution in [3.63, 3.8) is 0 Å². The molecule has 0 aliphatic rings. The number of aryl methyl sites for hydroxylation is 1. The second-order valence-electron chi connectivity index (χ2n) is 5.02. The van der Waals surface area contributed by atoms with Crippen LogP contribution in [0.2, 0.25) is 0 Å². The molecule has 2 rings (SSSR count). The highest BCUT2D eigenvalue weighted by atomic mass is 16.5. The summed E-state index contributed by atoms with van der Waals surface area (Å²) in [5.74, 6) is 1.60. The molecule has 0 atom stereocenters. The molecule has 0 bridgehead atoms. The van der Waals surface area contributed by atoms with Gasteiger partial charge in [0.25, 0.3) is 0 Å². The number of ether oxygens (including phenoxy) is 2. The topological polar surface area (TPSA) is 43.4 Å². The van der Waals surface area contributed by atoms with Gasteiger partial charge >= 0.3 is 0 Å². The zero-order chi connectivity index (χ0) is 15.4. The molecular weight excluding hydrogens is 264 g/mol. The van der Waals surface area contributed by atoms with Crippen molar-refractivity contribution in [2.24, 2.45) is 0 Å². The fourth-order valence-corrected chi connectivity index (χ4v) is 2.69. The third kappa shape index (κ3) is 2.75. The Morgan fingerprint density at radius 1 is 1.10 bits per heavy atom. The third-order valence-corrected chi connectivity index (χ3v) is 3.72. The van der Waals surface area contributed by atoms with E-state index in [0.717, 1.165) is 53.2 Å². The van der Waals surface area contributed by atoms with E-state index in [4.69, 9.17) is 14.5 Å². The van der Waals surface area contributed by atoms with Crippen LogP contribution in [0.5, 0.6) is 11.5 Å². The molecule has 4 heteroatoms. The summed E-state index contributed by atoms with van der Waals surface area (Å²) < 4.78 is 11.0. The van der Waals surface area contributed by atoms with Crippen LogP contribution in [0.4, 0.5) is 5.69 Å². The Balaban J connectivity index is 2.84. The van der Waals surface area contributed by atoms with Gasteiger partial charge in [-0.05, 0) is 37.5 Å². The first-order valence-electron chi connectivity index (χ1n) is 7.45. The lowest BCUT2D eigenvalue weighted by molar-refractivity contribution is 0.409. The molecule has 0 aliphatic carbocycles. The van der Waals surface area contributed by atoms with E-state index in [1.54, 1.807) is 14.2 Å². The quantitative estimate of drug-likeness (QED) is 0.874. The van der Waals surface area contributed by atoms with Gasteiger partial charge < -0.3 is 14.8 Å². The lowest BCUT2D eigenvalue weighted by Gasteiger charge is -2.19. The summed E-state index contributed by atoms with van der Waals surface area (Å²) in [4.78, 5) is 4.75. The van der Waals surface area contributed by atoms with Crippen molar-refractivity contribution in [3.8, 4) is 11.5 Å². The molecule has 4 nitrogen and oxygen atoms in total. The van der Waals surface area contributed by atoms with Crippen LogP contribution in [0, 0.1) is 6.92 Å². The van der Waals surface area contributed by atoms with Crippen LogP contribution in [-0.2, 0) is 6.42 Å². The number of pyridine rings is 1. The van der Waals surface area contributed by atoms with Crippen molar-refractivity contribution in [1.82, 2.24) is 4.98 Å². The maximum atomic E-state index is 5.55. The number of benzene rings is 1. The highest BCUT2D eigenvalue weighted by Gasteiger charge is 2.17. The molecule has 114 valence electrons. The summed E-state index contributed by atoms with van der Waals surface area (Å²) in [7, 11) is 3.36. The maximum Gasteiger partial charge on any atom is 0.145 e. The van der Waals surface area contributed by atoms with Crippen LogP contribution in [0.15, 0.2) is 12.1 Å². The molecule has 21 heavy (non-hydrogen) atoms. The maximum absolute atomic E-state index is 5.55. The van der Waals surface area contributed by atoms with Crippen LogP contribution < -0.4 is 14.8 Å². The second-order valence-corrected chi connectivity index (χ2v) is 5.02. The van der Waals surface area contributed by atoms with Gasteiger partial charge in [0.1, 0.15) is 17.0 Å². The van der Waals surface area contributed by atoms with Crippen LogP contribution in [0.25, 0.3) is 10.9 Å². The number of rotatable bonds is 6. The molecule has 0 saturated carbocycles. The second kappa shape index (κ2) is 6.66. The summed E-state index contributed by atoms with van der Waals surface area (Å²) in [5, 5.41) is 4.56. The van der Waals surface area contributed by atoms with E-state index in [0.29, 0.717) is 0 Å². The van der Waals surface area contributed by atoms with Gasteiger partial charge in [0.05, 0.1) is 25.3 Å². The summed E-state index contributed by atoms with van der Waals surface area (Å²) in [6.45, 7) is 7.28. The zero-order valence-corrected chi connectivity index (χ0v) is 13.5. The zero-order valence-electron chi connectivity index (χ0n) is 13.5. The molecule has 0 unspecified atom stereocenters. The van der Waals surface area contributed by atoms with Crippen molar-refractivity contribution in [3.05, 3.63) is 23.4 Å². The lowest BCUT2D eigenvalue weighted by Crippen LogP contribution is -2.07. The Labute approximate surface area is 126 Å². The van der Waals surface area contributed by atoms with Crippen molar-refractivity contribution < 1.29 is 9.47 Å². The van der Waals surface area contributed by atoms with Crippen molar-refractivity contribution in [2.75, 3.05) is 26.1 Å². The number of methoxy groups -OCH3 is 2. The van der Waals surface area contributed by atoms with Crippen LogP contribution >= 0.6 is 0 Å². The average molecular weight is 288 g/mol. The molecule has 0 fully saturated rings. The smallest absolute Gasteiger partial charge is 0.145 e. The Kier molecular flexibility index (Phi) is 4.89. The molecule has 0 aliphatic heterocycles. The first-order valence-corrected chi connectivity index (χ1v) is 7.45. The molecule has 1 aromatic heterocycles. The number of nitrogens with zero attached hydrogens (tertiary/aromatic N) is 1. The van der Waals surface area contributed by atoms with Crippen LogP contribution in [0.3, 0.4) is 0 Å². The Hall–Kier alpha value is -1.97. The normalized spacial score (nSPS) is 10.7. The minimum Gasteiger partial charge on any atom is -0.496 e. The van der Waals surface area contributed by atoms with Gasteiger partial charge in [-0.1, -0.05) is 13.8 Å². The number of anilines is 1. The minimum atomic E-state index is 0.774. The first-order chi connectivity index (χ1) is 10.2. The molecule has 0 saturated heterocycles. The Morgan fingerprint density at radius 2 is 1.76 bits per heavy atom. The minimum absolute atomic E-state index is 0.774. The number of fused-ring (bicyclic) bond motifs is 1. The largest absolute Gasteiger partial charge is 0.496 e. The molecule has 2 aromatic rings. The predicted octanol–water partition coefficient (Wildman–Crippen LogP) is 3.94. The molecule has 1 aromatic carbocycles. The first kappa shape index (κ1) is 15.4. The van der Waals surface area contributed by atoms with Gasteiger partial charge in [-0.2, -0.15) is 0 Å². The Morgan fingerprint density at radius 3 is 2.33 bits per heavy atom. The van der Waals surface area contributed by atoms with Crippen molar-refractivity contribution in [1.29, 1.82) is 0 Å². The highest BCUT2D eigenvalue weighted by molar-refractivity contribution is 6.01. The summed E-state index contributed by atoms with van der Waals surface area (Å²) in [5.41, 5.74) is 4.25. The van der Waals surface area contributed by atoms with Crippen molar-refractivity contribution >= 4 is 16.6 Å². The number of hydrogen-bond donors (Lipinski definition) is 1. The van der Waals surface area contributed by atoms with E-state index in [2.05, 4.69) is 19.2 Å². The summed E-state index contributed by atoms with van der Waals surface area (Å²) in [6, 6.07) is 3.84. The van der Waals surface area contributed by atoms with Crippen LogP contribution in [-0.4, -0.2) is 25.7 Å². The standard InChI is InChI=1S/C17H24N2O2/c1-6-10-18-16-12(7-2)11(3)19-17-14(21-5)9-8-13(20-4)15(16)17/h8-9H,6-7,10H2,1-5H3,(H,18,19). The van der Waals surface area contributed by atoms with Gasteiger partial charge in [0.2, 0.25) is 0 Å².